The molecule has 3 aliphatic rings. The van der Waals surface area contributed by atoms with Crippen molar-refractivity contribution < 1.29 is 29.2 Å². The lowest BCUT2D eigenvalue weighted by Gasteiger charge is -2.24. The highest BCUT2D eigenvalue weighted by Gasteiger charge is 2.37. The molecule has 6 rings (SSSR count). The van der Waals surface area contributed by atoms with Crippen LogP contribution in [0.4, 0.5) is 8.78 Å². The van der Waals surface area contributed by atoms with Gasteiger partial charge in [0.1, 0.15) is 17.2 Å². The van der Waals surface area contributed by atoms with Gasteiger partial charge in [0.25, 0.3) is 0 Å². The van der Waals surface area contributed by atoms with Crippen molar-refractivity contribution >= 4 is 5.57 Å². The van der Waals surface area contributed by atoms with Crippen LogP contribution in [0.3, 0.4) is 0 Å². The zero-order valence-electron chi connectivity index (χ0n) is 23.9. The zero-order valence-corrected chi connectivity index (χ0v) is 23.9. The third kappa shape index (κ3) is 6.97. The maximum absolute atomic E-state index is 13.2. The first-order valence-electron chi connectivity index (χ1n) is 15.1. The molecule has 0 unspecified atom stereocenters. The second kappa shape index (κ2) is 13.0. The Labute approximate surface area is 246 Å². The van der Waals surface area contributed by atoms with Crippen LogP contribution in [0.5, 0.6) is 17.2 Å². The predicted octanol–water partition coefficient (Wildman–Crippen LogP) is 10.1. The Balaban J connectivity index is 0.000000189. The van der Waals surface area contributed by atoms with Gasteiger partial charge in [0, 0.05) is 6.42 Å². The molecule has 4 N–H and O–H groups in total. The molecule has 0 aromatic heterocycles. The van der Waals surface area contributed by atoms with Gasteiger partial charge in [-0.2, -0.15) is 8.78 Å². The van der Waals surface area contributed by atoms with Crippen LogP contribution in [0.2, 0.25) is 0 Å². The second-order valence-electron chi connectivity index (χ2n) is 11.9. The zero-order chi connectivity index (χ0) is 29.7. The van der Waals surface area contributed by atoms with E-state index in [1.807, 2.05) is 24.3 Å². The topological polar surface area (TPSA) is 80.9 Å². The number of hydrogen-bond acceptors (Lipinski definition) is 4. The van der Waals surface area contributed by atoms with E-state index in [0.29, 0.717) is 34.5 Å². The molecule has 2 fully saturated rings. The number of benzene rings is 3. The van der Waals surface area contributed by atoms with Gasteiger partial charge < -0.3 is 20.4 Å². The number of aliphatic hydroxyl groups excluding tert-OH is 1. The summed E-state index contributed by atoms with van der Waals surface area (Å²) in [5, 5.41) is 38.8. The van der Waals surface area contributed by atoms with E-state index in [1.165, 1.54) is 82.4 Å². The van der Waals surface area contributed by atoms with Crippen LogP contribution < -0.4 is 0 Å². The number of phenolic OH excluding ortho intramolecular Hbond substituents is 3. The molecule has 0 amide bonds. The molecule has 42 heavy (non-hydrogen) atoms. The number of phenols is 3. The van der Waals surface area contributed by atoms with Gasteiger partial charge >= 0.3 is 5.92 Å². The minimum absolute atomic E-state index is 0.0882. The summed E-state index contributed by atoms with van der Waals surface area (Å²) in [5.74, 6) is -2.18. The lowest BCUT2D eigenvalue weighted by Crippen LogP contribution is -2.21. The lowest BCUT2D eigenvalue weighted by atomic mass is 9.81. The monoisotopic (exact) mass is 574 g/mol. The van der Waals surface area contributed by atoms with Gasteiger partial charge in [0.05, 0.1) is 0 Å². The van der Waals surface area contributed by atoms with E-state index in [4.69, 9.17) is 10.2 Å². The highest BCUT2D eigenvalue weighted by molar-refractivity contribution is 5.70. The minimum atomic E-state index is -3.21. The standard InChI is InChI=1S/C24H30O2.C12H10F2O2/c25-23-13-11-19(15-21(23)17-7-3-1-4-8-17)20-12-14-24(26)22(16-20)18-9-5-2-6-10-18;13-12(14)7-9(3-6-11(12)16)8-1-4-10(15)5-2-8/h11-18,25-26H,1-10H2;1-6,15-16H,7H2. The Kier molecular flexibility index (Phi) is 9.20. The molecule has 4 nitrogen and oxygen atoms in total. The van der Waals surface area contributed by atoms with Crippen molar-refractivity contribution in [2.75, 3.05) is 0 Å². The van der Waals surface area contributed by atoms with Crippen molar-refractivity contribution in [3.63, 3.8) is 0 Å². The van der Waals surface area contributed by atoms with E-state index >= 15 is 0 Å². The molecule has 0 saturated heterocycles. The van der Waals surface area contributed by atoms with Gasteiger partial charge in [-0.1, -0.05) is 68.9 Å². The molecule has 222 valence electrons. The Hall–Kier alpha value is -3.80. The molecule has 0 radical (unpaired) electrons. The fourth-order valence-corrected chi connectivity index (χ4v) is 6.51. The summed E-state index contributed by atoms with van der Waals surface area (Å²) in [4.78, 5) is 0. The number of rotatable bonds is 4. The first-order chi connectivity index (χ1) is 20.2. The molecule has 0 bridgehead atoms. The van der Waals surface area contributed by atoms with E-state index in [9.17, 15) is 19.0 Å². The van der Waals surface area contributed by atoms with E-state index < -0.39 is 18.1 Å². The minimum Gasteiger partial charge on any atom is -0.508 e. The third-order valence-corrected chi connectivity index (χ3v) is 8.95. The van der Waals surface area contributed by atoms with E-state index in [1.54, 1.807) is 12.1 Å². The van der Waals surface area contributed by atoms with Gasteiger partial charge in [-0.05, 0) is 113 Å². The fourth-order valence-electron chi connectivity index (χ4n) is 6.51. The molecule has 0 heterocycles. The molecule has 3 aliphatic carbocycles. The molecule has 3 aromatic carbocycles. The summed E-state index contributed by atoms with van der Waals surface area (Å²) in [5.41, 5.74) is 5.56. The van der Waals surface area contributed by atoms with Crippen molar-refractivity contribution in [2.24, 2.45) is 0 Å². The molecule has 0 atom stereocenters. The molecule has 2 saturated carbocycles. The Bertz CT molecular complexity index is 1360. The fraction of sp³-hybridized carbons (Fsp3) is 0.389. The van der Waals surface area contributed by atoms with E-state index in [2.05, 4.69) is 12.1 Å². The number of alkyl halides is 2. The van der Waals surface area contributed by atoms with Crippen LogP contribution >= 0.6 is 0 Å². The van der Waals surface area contributed by atoms with Gasteiger partial charge in [0.15, 0.2) is 5.76 Å². The van der Waals surface area contributed by atoms with Crippen LogP contribution in [0.25, 0.3) is 16.7 Å². The van der Waals surface area contributed by atoms with Crippen molar-refractivity contribution in [3.8, 4) is 28.4 Å². The maximum Gasteiger partial charge on any atom is 0.307 e. The predicted molar refractivity (Wildman–Crippen MR) is 163 cm³/mol. The Morgan fingerprint density at radius 2 is 1.00 bits per heavy atom. The van der Waals surface area contributed by atoms with Crippen LogP contribution in [0.1, 0.15) is 99.2 Å². The summed E-state index contributed by atoms with van der Waals surface area (Å²) in [6, 6.07) is 18.1. The number of aromatic hydroxyl groups is 3. The van der Waals surface area contributed by atoms with Crippen molar-refractivity contribution in [3.05, 3.63) is 95.3 Å². The third-order valence-electron chi connectivity index (χ3n) is 8.95. The summed E-state index contributed by atoms with van der Waals surface area (Å²) in [6.45, 7) is 0. The smallest absolute Gasteiger partial charge is 0.307 e. The summed E-state index contributed by atoms with van der Waals surface area (Å²) in [6.07, 6.45) is 14.3. The normalized spacial score (nSPS) is 19.3. The summed E-state index contributed by atoms with van der Waals surface area (Å²) >= 11 is 0. The SMILES string of the molecule is OC1=CC=C(c2ccc(O)cc2)CC1(F)F.Oc1ccc(-c2ccc(O)c(C3CCCCC3)c2)cc1C1CCCCC1. The van der Waals surface area contributed by atoms with E-state index in [-0.39, 0.29) is 5.75 Å². The van der Waals surface area contributed by atoms with Gasteiger partial charge in [-0.3, -0.25) is 0 Å². The number of hydrogen-bond donors (Lipinski definition) is 4. The Morgan fingerprint density at radius 1 is 0.548 bits per heavy atom. The Morgan fingerprint density at radius 3 is 1.45 bits per heavy atom. The van der Waals surface area contributed by atoms with E-state index in [0.717, 1.165) is 28.3 Å². The van der Waals surface area contributed by atoms with Gasteiger partial charge in [0.2, 0.25) is 0 Å². The first-order valence-corrected chi connectivity index (χ1v) is 15.1. The molecular weight excluding hydrogens is 534 g/mol. The first kappa shape index (κ1) is 29.7. The average Bonchev–Trinajstić information content (AvgIpc) is 3.01. The molecule has 0 aliphatic heterocycles. The number of allylic oxidation sites excluding steroid dienone is 4. The van der Waals surface area contributed by atoms with Gasteiger partial charge in [-0.15, -0.1) is 0 Å². The number of aliphatic hydroxyl groups is 1. The van der Waals surface area contributed by atoms with Gasteiger partial charge in [-0.25, -0.2) is 0 Å². The maximum atomic E-state index is 13.2. The van der Waals surface area contributed by atoms with Crippen LogP contribution in [-0.4, -0.2) is 26.3 Å². The van der Waals surface area contributed by atoms with Crippen molar-refractivity contribution in [1.29, 1.82) is 0 Å². The summed E-state index contributed by atoms with van der Waals surface area (Å²) < 4.78 is 26.4. The van der Waals surface area contributed by atoms with Crippen LogP contribution in [0, 0.1) is 0 Å². The van der Waals surface area contributed by atoms with Crippen molar-refractivity contribution in [2.45, 2.75) is 88.4 Å². The number of halogens is 2. The highest BCUT2D eigenvalue weighted by Crippen LogP contribution is 2.42. The largest absolute Gasteiger partial charge is 0.508 e. The molecule has 0 spiro atoms. The molecule has 3 aromatic rings. The quantitative estimate of drug-likeness (QED) is 0.250. The van der Waals surface area contributed by atoms with Crippen LogP contribution in [0.15, 0.2) is 78.6 Å². The molecule has 6 heteroatoms. The average molecular weight is 575 g/mol. The summed E-state index contributed by atoms with van der Waals surface area (Å²) in [7, 11) is 0. The highest BCUT2D eigenvalue weighted by atomic mass is 19.3. The molecular formula is C36H40F2O4. The lowest BCUT2D eigenvalue weighted by molar-refractivity contribution is 0.00362. The van der Waals surface area contributed by atoms with Crippen molar-refractivity contribution in [1.82, 2.24) is 0 Å². The van der Waals surface area contributed by atoms with Crippen LogP contribution in [-0.2, 0) is 0 Å². The second-order valence-corrected chi connectivity index (χ2v) is 11.9.